The molecule has 0 aliphatic carbocycles. The lowest BCUT2D eigenvalue weighted by molar-refractivity contribution is -0.384. The molecule has 0 fully saturated rings. The highest BCUT2D eigenvalue weighted by atomic mass is 35.5. The number of aromatic nitrogens is 2. The van der Waals surface area contributed by atoms with Crippen LogP contribution in [0.4, 0.5) is 10.7 Å². The molecule has 19 heavy (non-hydrogen) atoms. The van der Waals surface area contributed by atoms with Crippen molar-refractivity contribution < 1.29 is 9.72 Å². The Bertz CT molecular complexity index is 647. The first-order valence-corrected chi connectivity index (χ1v) is 6.24. The van der Waals surface area contributed by atoms with Gasteiger partial charge in [-0.2, -0.15) is 0 Å². The Morgan fingerprint density at radius 3 is 2.74 bits per heavy atom. The predicted octanol–water partition coefficient (Wildman–Crippen LogP) is 3.01. The van der Waals surface area contributed by atoms with Gasteiger partial charge in [0.15, 0.2) is 0 Å². The molecule has 0 spiro atoms. The summed E-state index contributed by atoms with van der Waals surface area (Å²) in [6.07, 6.45) is 1.34. The first-order valence-electron chi connectivity index (χ1n) is 4.71. The minimum absolute atomic E-state index is 0.0535. The lowest BCUT2D eigenvalue weighted by atomic mass is 10.2. The first-order chi connectivity index (χ1) is 8.99. The van der Waals surface area contributed by atoms with Crippen molar-refractivity contribution in [2.45, 2.75) is 0 Å². The van der Waals surface area contributed by atoms with E-state index in [9.17, 15) is 14.9 Å². The summed E-state index contributed by atoms with van der Waals surface area (Å²) >= 11 is 12.6. The summed E-state index contributed by atoms with van der Waals surface area (Å²) in [5, 5.41) is 17.0. The normalized spacial score (nSPS) is 10.2. The number of non-ortho nitro benzene ring substituents is 1. The van der Waals surface area contributed by atoms with Gasteiger partial charge in [0.1, 0.15) is 5.00 Å². The van der Waals surface area contributed by atoms with Gasteiger partial charge in [-0.05, 0) is 0 Å². The second kappa shape index (κ2) is 5.47. The maximum Gasteiger partial charge on any atom is 0.271 e. The second-order valence-electron chi connectivity index (χ2n) is 3.28. The number of nitrogens with one attached hydrogen (secondary N) is 1. The molecule has 1 N–H and O–H groups in total. The van der Waals surface area contributed by atoms with E-state index in [1.165, 1.54) is 6.20 Å². The van der Waals surface area contributed by atoms with Gasteiger partial charge in [-0.15, -0.1) is 5.10 Å². The smallest absolute Gasteiger partial charge is 0.271 e. The average molecular weight is 319 g/mol. The van der Waals surface area contributed by atoms with Gasteiger partial charge in [-0.25, -0.2) is 0 Å². The monoisotopic (exact) mass is 318 g/mol. The number of anilines is 1. The van der Waals surface area contributed by atoms with Crippen molar-refractivity contribution in [1.29, 1.82) is 0 Å². The van der Waals surface area contributed by atoms with Gasteiger partial charge in [-0.1, -0.05) is 27.7 Å². The third-order valence-electron chi connectivity index (χ3n) is 2.07. The Morgan fingerprint density at radius 2 is 2.16 bits per heavy atom. The van der Waals surface area contributed by atoms with Gasteiger partial charge in [0.05, 0.1) is 26.7 Å². The lowest BCUT2D eigenvalue weighted by Crippen LogP contribution is -2.12. The van der Waals surface area contributed by atoms with Crippen molar-refractivity contribution in [2.75, 3.05) is 5.32 Å². The van der Waals surface area contributed by atoms with Gasteiger partial charge in [0, 0.05) is 23.7 Å². The number of hydrogen-bond acceptors (Lipinski definition) is 6. The Labute approximate surface area is 120 Å². The quantitative estimate of drug-likeness (QED) is 0.692. The summed E-state index contributed by atoms with van der Waals surface area (Å²) in [6.45, 7) is 0. The standard InChI is InChI=1S/C9H4Cl2N4O3S/c10-6-2-4(15(17)18)1-5(8(6)11)9(16)13-7-3-12-14-19-7/h1-3H,(H,13,16). The fraction of sp³-hybridized carbons (Fsp3) is 0. The van der Waals surface area contributed by atoms with E-state index in [0.717, 1.165) is 23.7 Å². The van der Waals surface area contributed by atoms with E-state index in [0.29, 0.717) is 5.00 Å². The molecule has 1 amide bonds. The Morgan fingerprint density at radius 1 is 1.42 bits per heavy atom. The molecule has 0 aliphatic rings. The van der Waals surface area contributed by atoms with Crippen LogP contribution >= 0.6 is 34.7 Å². The molecule has 2 rings (SSSR count). The van der Waals surface area contributed by atoms with Crippen LogP contribution in [0.3, 0.4) is 0 Å². The molecule has 0 atom stereocenters. The van der Waals surface area contributed by atoms with Crippen LogP contribution in [0.1, 0.15) is 10.4 Å². The summed E-state index contributed by atoms with van der Waals surface area (Å²) < 4.78 is 3.56. The van der Waals surface area contributed by atoms with Crippen LogP contribution < -0.4 is 5.32 Å². The minimum atomic E-state index is -0.659. The van der Waals surface area contributed by atoms with E-state index in [4.69, 9.17) is 23.2 Å². The largest absolute Gasteiger partial charge is 0.311 e. The Kier molecular flexibility index (Phi) is 3.93. The Hall–Kier alpha value is -1.77. The maximum atomic E-state index is 11.9. The van der Waals surface area contributed by atoms with E-state index in [2.05, 4.69) is 14.9 Å². The number of nitrogens with zero attached hydrogens (tertiary/aromatic N) is 3. The van der Waals surface area contributed by atoms with Crippen LogP contribution in [0.5, 0.6) is 0 Å². The van der Waals surface area contributed by atoms with Crippen molar-refractivity contribution in [3.63, 3.8) is 0 Å². The topological polar surface area (TPSA) is 98.0 Å². The third-order valence-corrected chi connectivity index (χ3v) is 3.45. The molecule has 0 radical (unpaired) electrons. The molecule has 1 heterocycles. The number of carbonyl (C=O) groups is 1. The van der Waals surface area contributed by atoms with Gasteiger partial charge in [0.25, 0.3) is 11.6 Å². The highest BCUT2D eigenvalue weighted by Crippen LogP contribution is 2.31. The summed E-state index contributed by atoms with van der Waals surface area (Å²) in [7, 11) is 0. The lowest BCUT2D eigenvalue weighted by Gasteiger charge is -2.05. The molecular formula is C9H4Cl2N4O3S. The molecule has 1 aromatic carbocycles. The van der Waals surface area contributed by atoms with Crippen molar-refractivity contribution >= 4 is 51.3 Å². The summed E-state index contributed by atoms with van der Waals surface area (Å²) in [5.74, 6) is -0.623. The predicted molar refractivity (Wildman–Crippen MR) is 71.0 cm³/mol. The molecule has 7 nitrogen and oxygen atoms in total. The van der Waals surface area contributed by atoms with E-state index >= 15 is 0 Å². The van der Waals surface area contributed by atoms with Crippen molar-refractivity contribution in [1.82, 2.24) is 9.59 Å². The van der Waals surface area contributed by atoms with Crippen molar-refractivity contribution in [2.24, 2.45) is 0 Å². The molecule has 0 bridgehead atoms. The number of benzene rings is 1. The zero-order chi connectivity index (χ0) is 14.0. The van der Waals surface area contributed by atoms with Crippen LogP contribution in [0.15, 0.2) is 18.3 Å². The van der Waals surface area contributed by atoms with E-state index < -0.39 is 10.8 Å². The van der Waals surface area contributed by atoms with E-state index in [1.807, 2.05) is 0 Å². The van der Waals surface area contributed by atoms with Crippen LogP contribution in [0.25, 0.3) is 0 Å². The van der Waals surface area contributed by atoms with Gasteiger partial charge in [-0.3, -0.25) is 14.9 Å². The number of hydrogen-bond donors (Lipinski definition) is 1. The first kappa shape index (κ1) is 13.7. The molecule has 2 aromatic rings. The molecule has 98 valence electrons. The van der Waals surface area contributed by atoms with Crippen LogP contribution in [-0.2, 0) is 0 Å². The van der Waals surface area contributed by atoms with Crippen LogP contribution in [-0.4, -0.2) is 20.4 Å². The summed E-state index contributed by atoms with van der Waals surface area (Å²) in [5.41, 5.74) is -0.406. The number of amides is 1. The van der Waals surface area contributed by atoms with E-state index in [-0.39, 0.29) is 21.3 Å². The average Bonchev–Trinajstić information content (AvgIpc) is 2.84. The summed E-state index contributed by atoms with van der Waals surface area (Å²) in [6, 6.07) is 2.13. The molecule has 0 saturated heterocycles. The van der Waals surface area contributed by atoms with Crippen LogP contribution in [0, 0.1) is 10.1 Å². The van der Waals surface area contributed by atoms with Crippen LogP contribution in [0.2, 0.25) is 10.0 Å². The number of rotatable bonds is 3. The zero-order valence-electron chi connectivity index (χ0n) is 8.96. The highest BCUT2D eigenvalue weighted by Gasteiger charge is 2.19. The summed E-state index contributed by atoms with van der Waals surface area (Å²) in [4.78, 5) is 22.0. The number of nitro groups is 1. The second-order valence-corrected chi connectivity index (χ2v) is 4.85. The maximum absolute atomic E-state index is 11.9. The fourth-order valence-corrected chi connectivity index (χ4v) is 2.07. The molecule has 0 saturated carbocycles. The highest BCUT2D eigenvalue weighted by molar-refractivity contribution is 7.10. The van der Waals surface area contributed by atoms with E-state index in [1.54, 1.807) is 0 Å². The molecule has 0 aliphatic heterocycles. The zero-order valence-corrected chi connectivity index (χ0v) is 11.3. The molecule has 10 heteroatoms. The number of nitro benzene ring substituents is 1. The fourth-order valence-electron chi connectivity index (χ4n) is 1.25. The SMILES string of the molecule is O=C(Nc1cnns1)c1cc([N+](=O)[O-])cc(Cl)c1Cl. The van der Waals surface area contributed by atoms with Gasteiger partial charge in [0.2, 0.25) is 0 Å². The van der Waals surface area contributed by atoms with Gasteiger partial charge >= 0.3 is 0 Å². The minimum Gasteiger partial charge on any atom is -0.311 e. The molecular weight excluding hydrogens is 315 g/mol. The Balaban J connectivity index is 2.38. The van der Waals surface area contributed by atoms with Crippen molar-refractivity contribution in [3.05, 3.63) is 44.1 Å². The third kappa shape index (κ3) is 2.98. The molecule has 1 aromatic heterocycles. The number of carbonyl (C=O) groups excluding carboxylic acids is 1. The van der Waals surface area contributed by atoms with Crippen molar-refractivity contribution in [3.8, 4) is 0 Å². The number of halogens is 2. The molecule has 0 unspecified atom stereocenters. The van der Waals surface area contributed by atoms with Gasteiger partial charge < -0.3 is 5.32 Å².